The molecular weight excluding hydrogens is 368 g/mol. The fourth-order valence-electron chi connectivity index (χ4n) is 4.17. The molecule has 1 aliphatic rings. The van der Waals surface area contributed by atoms with Gasteiger partial charge in [0.1, 0.15) is 6.61 Å². The Kier molecular flexibility index (Phi) is 3.67. The summed E-state index contributed by atoms with van der Waals surface area (Å²) < 4.78 is 17.7. The van der Waals surface area contributed by atoms with Crippen LogP contribution in [-0.2, 0) is 11.3 Å². The van der Waals surface area contributed by atoms with E-state index in [1.54, 1.807) is 11.3 Å². The second-order valence-corrected chi connectivity index (χ2v) is 7.99. The molecule has 0 saturated heterocycles. The van der Waals surface area contributed by atoms with E-state index in [1.807, 2.05) is 10.8 Å². The van der Waals surface area contributed by atoms with E-state index in [-0.39, 0.29) is 6.10 Å². The van der Waals surface area contributed by atoms with Gasteiger partial charge in [0.15, 0.2) is 17.6 Å². The Labute approximate surface area is 166 Å². The summed E-state index contributed by atoms with van der Waals surface area (Å²) in [5, 5.41) is 11.7. The van der Waals surface area contributed by atoms with Crippen LogP contribution in [0.15, 0.2) is 65.4 Å². The maximum atomic E-state index is 6.04. The van der Waals surface area contributed by atoms with Crippen LogP contribution in [-0.4, -0.2) is 19.3 Å². The minimum absolute atomic E-state index is 0.0677. The molecule has 1 unspecified atom stereocenters. The van der Waals surface area contributed by atoms with E-state index in [0.29, 0.717) is 19.8 Å². The van der Waals surface area contributed by atoms with Gasteiger partial charge in [-0.25, -0.2) is 0 Å². The van der Waals surface area contributed by atoms with E-state index in [0.717, 1.165) is 11.5 Å². The first-order valence-corrected chi connectivity index (χ1v) is 10.4. The Balaban J connectivity index is 1.28. The Hall–Kier alpha value is -2.82. The number of rotatable bonds is 4. The number of hydrogen-bond acceptors (Lipinski definition) is 4. The molecule has 6 rings (SSSR count). The molecule has 138 valence electrons. The first-order chi connectivity index (χ1) is 13.9. The van der Waals surface area contributed by atoms with E-state index in [1.165, 1.54) is 37.9 Å². The van der Waals surface area contributed by atoms with Gasteiger partial charge in [-0.2, -0.15) is 0 Å². The maximum Gasteiger partial charge on any atom is 0.172 e. The molecule has 0 spiro atoms. The van der Waals surface area contributed by atoms with E-state index in [2.05, 4.69) is 54.6 Å². The molecule has 1 aromatic heterocycles. The van der Waals surface area contributed by atoms with Crippen LogP contribution in [0.2, 0.25) is 0 Å². The fraction of sp³-hybridized carbons (Fsp3) is 0.167. The minimum Gasteiger partial charge on any atom is -0.485 e. The maximum absolute atomic E-state index is 6.04. The van der Waals surface area contributed by atoms with Crippen molar-refractivity contribution in [3.8, 4) is 11.5 Å². The molecule has 1 aliphatic heterocycles. The highest BCUT2D eigenvalue weighted by Gasteiger charge is 2.22. The van der Waals surface area contributed by atoms with E-state index < -0.39 is 0 Å². The summed E-state index contributed by atoms with van der Waals surface area (Å²) in [7, 11) is 0. The number of benzene rings is 4. The van der Waals surface area contributed by atoms with Crippen LogP contribution in [0, 0.1) is 0 Å². The van der Waals surface area contributed by atoms with Crippen LogP contribution >= 0.6 is 11.3 Å². The summed E-state index contributed by atoms with van der Waals surface area (Å²) in [4.78, 5) is 0. The average molecular weight is 386 g/mol. The zero-order valence-corrected chi connectivity index (χ0v) is 16.0. The Morgan fingerprint density at radius 2 is 1.61 bits per heavy atom. The zero-order chi connectivity index (χ0) is 18.5. The van der Waals surface area contributed by atoms with Crippen LogP contribution in [0.4, 0.5) is 0 Å². The quantitative estimate of drug-likeness (QED) is 0.354. The third-order valence-corrected chi connectivity index (χ3v) is 6.19. The lowest BCUT2D eigenvalue weighted by Crippen LogP contribution is -2.32. The van der Waals surface area contributed by atoms with Crippen LogP contribution in [0.3, 0.4) is 0 Å². The number of fused-ring (bicyclic) bond motifs is 1. The Morgan fingerprint density at radius 3 is 2.50 bits per heavy atom. The minimum atomic E-state index is -0.0677. The molecule has 3 nitrogen and oxygen atoms in total. The highest BCUT2D eigenvalue weighted by Crippen LogP contribution is 2.37. The average Bonchev–Trinajstić information content (AvgIpc) is 3.21. The first-order valence-electron chi connectivity index (χ1n) is 9.45. The summed E-state index contributed by atoms with van der Waals surface area (Å²) in [5.41, 5.74) is 1.21. The summed E-state index contributed by atoms with van der Waals surface area (Å²) in [6, 6.07) is 19.7. The SMILES string of the molecule is c1cc2ccc3ccc(COCC4COc5cscc5O4)c4ccc(c1)c2c34. The predicted octanol–water partition coefficient (Wildman–Crippen LogP) is 6.00. The van der Waals surface area contributed by atoms with Crippen molar-refractivity contribution in [1.82, 2.24) is 0 Å². The summed E-state index contributed by atoms with van der Waals surface area (Å²) >= 11 is 1.59. The molecule has 4 aromatic carbocycles. The molecule has 0 N–H and O–H groups in total. The van der Waals surface area contributed by atoms with Crippen molar-refractivity contribution in [3.63, 3.8) is 0 Å². The molecule has 5 aromatic rings. The summed E-state index contributed by atoms with van der Waals surface area (Å²) in [6.45, 7) is 1.60. The van der Waals surface area contributed by atoms with Crippen molar-refractivity contribution in [2.45, 2.75) is 12.7 Å². The van der Waals surface area contributed by atoms with E-state index in [9.17, 15) is 0 Å². The Morgan fingerprint density at radius 1 is 0.857 bits per heavy atom. The second kappa shape index (κ2) is 6.36. The molecule has 0 saturated carbocycles. The molecule has 0 amide bonds. The van der Waals surface area contributed by atoms with Crippen LogP contribution in [0.25, 0.3) is 32.3 Å². The lowest BCUT2D eigenvalue weighted by atomic mass is 9.92. The van der Waals surface area contributed by atoms with Crippen molar-refractivity contribution < 1.29 is 14.2 Å². The van der Waals surface area contributed by atoms with Crippen LogP contribution < -0.4 is 9.47 Å². The second-order valence-electron chi connectivity index (χ2n) is 7.25. The molecule has 0 fully saturated rings. The number of ether oxygens (including phenoxy) is 3. The van der Waals surface area contributed by atoms with Crippen LogP contribution in [0.1, 0.15) is 5.56 Å². The molecular formula is C24H18O3S. The normalized spacial score (nSPS) is 16.4. The van der Waals surface area contributed by atoms with Crippen molar-refractivity contribution in [1.29, 1.82) is 0 Å². The first kappa shape index (κ1) is 16.2. The van der Waals surface area contributed by atoms with Crippen molar-refractivity contribution >= 4 is 43.7 Å². The molecule has 0 aliphatic carbocycles. The van der Waals surface area contributed by atoms with Crippen LogP contribution in [0.5, 0.6) is 11.5 Å². The zero-order valence-electron chi connectivity index (χ0n) is 15.2. The fourth-order valence-corrected chi connectivity index (χ4v) is 4.84. The number of hydrogen-bond donors (Lipinski definition) is 0. The Bertz CT molecular complexity index is 1270. The summed E-state index contributed by atoms with van der Waals surface area (Å²) in [5.74, 6) is 1.67. The molecule has 2 heterocycles. The van der Waals surface area contributed by atoms with Gasteiger partial charge in [-0.15, -0.1) is 11.3 Å². The van der Waals surface area contributed by atoms with Gasteiger partial charge >= 0.3 is 0 Å². The standard InChI is InChI=1S/C24H18O3S/c1-2-15-4-5-17-6-7-18(20-9-8-16(3-1)23(15)24(17)20)10-25-11-19-12-26-21-13-28-14-22(21)27-19/h1-9,13-14,19H,10-12H2. The van der Waals surface area contributed by atoms with Gasteiger partial charge in [0.05, 0.1) is 13.2 Å². The molecule has 0 radical (unpaired) electrons. The van der Waals surface area contributed by atoms with Crippen molar-refractivity contribution in [2.24, 2.45) is 0 Å². The summed E-state index contributed by atoms with van der Waals surface area (Å²) in [6.07, 6.45) is -0.0677. The van der Waals surface area contributed by atoms with E-state index >= 15 is 0 Å². The van der Waals surface area contributed by atoms with E-state index in [4.69, 9.17) is 14.2 Å². The monoisotopic (exact) mass is 386 g/mol. The lowest BCUT2D eigenvalue weighted by molar-refractivity contribution is 0.00362. The van der Waals surface area contributed by atoms with Gasteiger partial charge in [-0.1, -0.05) is 54.6 Å². The third-order valence-electron chi connectivity index (χ3n) is 5.49. The predicted molar refractivity (Wildman–Crippen MR) is 114 cm³/mol. The van der Waals surface area contributed by atoms with Crippen molar-refractivity contribution in [2.75, 3.05) is 13.2 Å². The molecule has 28 heavy (non-hydrogen) atoms. The highest BCUT2D eigenvalue weighted by molar-refractivity contribution is 7.08. The lowest BCUT2D eigenvalue weighted by Gasteiger charge is -2.24. The topological polar surface area (TPSA) is 27.7 Å². The third kappa shape index (κ3) is 2.53. The molecule has 4 heteroatoms. The van der Waals surface area contributed by atoms with Gasteiger partial charge in [0.2, 0.25) is 0 Å². The molecule has 1 atom stereocenters. The van der Waals surface area contributed by atoms with Gasteiger partial charge < -0.3 is 14.2 Å². The van der Waals surface area contributed by atoms with Crippen molar-refractivity contribution in [3.05, 3.63) is 70.9 Å². The largest absolute Gasteiger partial charge is 0.485 e. The highest BCUT2D eigenvalue weighted by atomic mass is 32.1. The molecule has 0 bridgehead atoms. The smallest absolute Gasteiger partial charge is 0.172 e. The van der Waals surface area contributed by atoms with Gasteiger partial charge in [0, 0.05) is 10.8 Å². The van der Waals surface area contributed by atoms with Gasteiger partial charge in [-0.3, -0.25) is 0 Å². The number of thiophene rings is 1. The van der Waals surface area contributed by atoms with Gasteiger partial charge in [0.25, 0.3) is 0 Å². The van der Waals surface area contributed by atoms with Gasteiger partial charge in [-0.05, 0) is 37.9 Å².